The van der Waals surface area contributed by atoms with Gasteiger partial charge in [-0.1, -0.05) is 12.1 Å². The molecule has 0 heterocycles. The van der Waals surface area contributed by atoms with Crippen LogP contribution in [0.4, 0.5) is 18.9 Å². The summed E-state index contributed by atoms with van der Waals surface area (Å²) in [6, 6.07) is 7.31. The molecule has 0 unspecified atom stereocenters. The molecule has 2 aromatic rings. The van der Waals surface area contributed by atoms with Crippen molar-refractivity contribution in [3.05, 3.63) is 53.8 Å². The van der Waals surface area contributed by atoms with Gasteiger partial charge in [-0.3, -0.25) is 0 Å². The van der Waals surface area contributed by atoms with Crippen LogP contribution in [0.25, 0.3) is 11.1 Å². The Morgan fingerprint density at radius 3 is 2.19 bits per heavy atom. The zero-order chi connectivity index (χ0) is 11.7. The molecule has 1 nitrogen and oxygen atoms in total. The molecule has 2 N–H and O–H groups in total. The van der Waals surface area contributed by atoms with Gasteiger partial charge in [0.05, 0.1) is 0 Å². The molecule has 0 saturated carbocycles. The standard InChI is InChI=1S/C12H8F3N/c13-8-5-4-7(6-10(8)15)12-9(14)2-1-3-11(12)16/h1-6H,16H2. The van der Waals surface area contributed by atoms with E-state index in [0.29, 0.717) is 0 Å². The van der Waals surface area contributed by atoms with Gasteiger partial charge in [-0.2, -0.15) is 0 Å². The first kappa shape index (κ1) is 10.5. The Bertz CT molecular complexity index is 518. The average molecular weight is 223 g/mol. The summed E-state index contributed by atoms with van der Waals surface area (Å²) in [6.07, 6.45) is 0. The van der Waals surface area contributed by atoms with Crippen LogP contribution in [-0.4, -0.2) is 0 Å². The molecule has 0 fully saturated rings. The van der Waals surface area contributed by atoms with Crippen molar-refractivity contribution in [1.82, 2.24) is 0 Å². The minimum absolute atomic E-state index is 0.0846. The van der Waals surface area contributed by atoms with Crippen molar-refractivity contribution < 1.29 is 13.2 Å². The third-order valence-corrected chi connectivity index (χ3v) is 2.25. The van der Waals surface area contributed by atoms with E-state index in [4.69, 9.17) is 5.73 Å². The smallest absolute Gasteiger partial charge is 0.159 e. The predicted molar refractivity (Wildman–Crippen MR) is 56.2 cm³/mol. The van der Waals surface area contributed by atoms with Gasteiger partial charge in [0.2, 0.25) is 0 Å². The molecule has 82 valence electrons. The lowest BCUT2D eigenvalue weighted by Gasteiger charge is -2.07. The maximum atomic E-state index is 13.5. The van der Waals surface area contributed by atoms with Crippen molar-refractivity contribution in [1.29, 1.82) is 0 Å². The number of nitrogens with two attached hydrogens (primary N) is 1. The minimum atomic E-state index is -1.03. The van der Waals surface area contributed by atoms with Crippen molar-refractivity contribution in [3.63, 3.8) is 0 Å². The highest BCUT2D eigenvalue weighted by Crippen LogP contribution is 2.29. The maximum Gasteiger partial charge on any atom is 0.159 e. The summed E-state index contributed by atoms with van der Waals surface area (Å²) in [7, 11) is 0. The zero-order valence-corrected chi connectivity index (χ0v) is 8.18. The molecule has 0 radical (unpaired) electrons. The Balaban J connectivity index is 2.63. The number of halogens is 3. The van der Waals surface area contributed by atoms with E-state index in [1.165, 1.54) is 24.3 Å². The van der Waals surface area contributed by atoms with Crippen LogP contribution >= 0.6 is 0 Å². The van der Waals surface area contributed by atoms with Crippen LogP contribution in [0, 0.1) is 17.5 Å². The van der Waals surface area contributed by atoms with E-state index in [1.54, 1.807) is 0 Å². The molecule has 0 spiro atoms. The van der Waals surface area contributed by atoms with E-state index in [9.17, 15) is 13.2 Å². The molecule has 4 heteroatoms. The molecule has 0 atom stereocenters. The third-order valence-electron chi connectivity index (χ3n) is 2.25. The van der Waals surface area contributed by atoms with Gasteiger partial charge in [0.25, 0.3) is 0 Å². The highest BCUT2D eigenvalue weighted by Gasteiger charge is 2.11. The highest BCUT2D eigenvalue weighted by atomic mass is 19.2. The second-order valence-electron chi connectivity index (χ2n) is 3.33. The molecule has 2 rings (SSSR count). The monoisotopic (exact) mass is 223 g/mol. The normalized spacial score (nSPS) is 10.4. The molecule has 0 aliphatic carbocycles. The molecule has 0 bridgehead atoms. The summed E-state index contributed by atoms with van der Waals surface area (Å²) >= 11 is 0. The third kappa shape index (κ3) is 1.74. The summed E-state index contributed by atoms with van der Waals surface area (Å²) in [4.78, 5) is 0. The molecule has 0 aromatic heterocycles. The van der Waals surface area contributed by atoms with Crippen LogP contribution < -0.4 is 5.73 Å². The molecule has 0 amide bonds. The van der Waals surface area contributed by atoms with Crippen molar-refractivity contribution in [3.8, 4) is 11.1 Å². The lowest BCUT2D eigenvalue weighted by molar-refractivity contribution is 0.509. The number of nitrogen functional groups attached to an aromatic ring is 1. The van der Waals surface area contributed by atoms with Gasteiger partial charge in [0.15, 0.2) is 11.6 Å². The molecule has 16 heavy (non-hydrogen) atoms. The molecule has 0 saturated heterocycles. The van der Waals surface area contributed by atoms with Crippen LogP contribution in [0.2, 0.25) is 0 Å². The Morgan fingerprint density at radius 2 is 1.56 bits per heavy atom. The van der Waals surface area contributed by atoms with E-state index in [-0.39, 0.29) is 16.8 Å². The highest BCUT2D eigenvalue weighted by molar-refractivity contribution is 5.76. The summed E-state index contributed by atoms with van der Waals surface area (Å²) in [5.74, 6) is -2.56. The molecule has 0 aliphatic rings. The Hall–Kier alpha value is -1.97. The minimum Gasteiger partial charge on any atom is -0.398 e. The van der Waals surface area contributed by atoms with Gasteiger partial charge < -0.3 is 5.73 Å². The largest absolute Gasteiger partial charge is 0.398 e. The number of benzene rings is 2. The fourth-order valence-electron chi connectivity index (χ4n) is 1.50. The molecular weight excluding hydrogens is 215 g/mol. The second-order valence-corrected chi connectivity index (χ2v) is 3.33. The van der Waals surface area contributed by atoms with Gasteiger partial charge in [0, 0.05) is 11.3 Å². The Kier molecular flexibility index (Phi) is 2.56. The first-order valence-corrected chi connectivity index (χ1v) is 4.59. The van der Waals surface area contributed by atoms with Crippen molar-refractivity contribution >= 4 is 5.69 Å². The Morgan fingerprint density at radius 1 is 0.812 bits per heavy atom. The summed E-state index contributed by atoms with van der Waals surface area (Å²) in [5, 5.41) is 0. The summed E-state index contributed by atoms with van der Waals surface area (Å²) in [5.41, 5.74) is 6.07. The van der Waals surface area contributed by atoms with Gasteiger partial charge in [-0.25, -0.2) is 13.2 Å². The predicted octanol–water partition coefficient (Wildman–Crippen LogP) is 3.35. The van der Waals surface area contributed by atoms with E-state index in [0.717, 1.165) is 12.1 Å². The number of hydrogen-bond donors (Lipinski definition) is 1. The van der Waals surface area contributed by atoms with Crippen LogP contribution in [0.15, 0.2) is 36.4 Å². The fourth-order valence-corrected chi connectivity index (χ4v) is 1.50. The van der Waals surface area contributed by atoms with E-state index in [2.05, 4.69) is 0 Å². The van der Waals surface area contributed by atoms with Crippen LogP contribution in [0.5, 0.6) is 0 Å². The van der Waals surface area contributed by atoms with Crippen LogP contribution in [0.3, 0.4) is 0 Å². The van der Waals surface area contributed by atoms with Crippen LogP contribution in [-0.2, 0) is 0 Å². The van der Waals surface area contributed by atoms with Gasteiger partial charge in [0.1, 0.15) is 5.82 Å². The molecule has 2 aromatic carbocycles. The Labute approximate surface area is 90.3 Å². The van der Waals surface area contributed by atoms with Crippen molar-refractivity contribution in [2.24, 2.45) is 0 Å². The van der Waals surface area contributed by atoms with Gasteiger partial charge in [-0.05, 0) is 29.8 Å². The topological polar surface area (TPSA) is 26.0 Å². The molecular formula is C12H8F3N. The van der Waals surface area contributed by atoms with Crippen molar-refractivity contribution in [2.45, 2.75) is 0 Å². The fraction of sp³-hybridized carbons (Fsp3) is 0. The maximum absolute atomic E-state index is 13.5. The van der Waals surface area contributed by atoms with E-state index >= 15 is 0 Å². The zero-order valence-electron chi connectivity index (χ0n) is 8.18. The lowest BCUT2D eigenvalue weighted by atomic mass is 10.0. The SMILES string of the molecule is Nc1cccc(F)c1-c1ccc(F)c(F)c1. The first-order chi connectivity index (χ1) is 7.59. The van der Waals surface area contributed by atoms with Gasteiger partial charge >= 0.3 is 0 Å². The van der Waals surface area contributed by atoms with Gasteiger partial charge in [-0.15, -0.1) is 0 Å². The molecule has 0 aliphatic heterocycles. The average Bonchev–Trinajstić information content (AvgIpc) is 2.23. The number of rotatable bonds is 1. The lowest BCUT2D eigenvalue weighted by Crippen LogP contribution is -1.94. The summed E-state index contributed by atoms with van der Waals surface area (Å²) < 4.78 is 39.2. The van der Waals surface area contributed by atoms with Crippen molar-refractivity contribution in [2.75, 3.05) is 5.73 Å². The second kappa shape index (κ2) is 3.89. The van der Waals surface area contributed by atoms with E-state index in [1.807, 2.05) is 0 Å². The van der Waals surface area contributed by atoms with E-state index < -0.39 is 17.5 Å². The number of hydrogen-bond acceptors (Lipinski definition) is 1. The summed E-state index contributed by atoms with van der Waals surface area (Å²) in [6.45, 7) is 0. The first-order valence-electron chi connectivity index (χ1n) is 4.59. The number of anilines is 1. The quantitative estimate of drug-likeness (QED) is 0.737. The van der Waals surface area contributed by atoms with Crippen LogP contribution in [0.1, 0.15) is 0 Å².